The van der Waals surface area contributed by atoms with Gasteiger partial charge in [-0.3, -0.25) is 0 Å². The Kier molecular flexibility index (Phi) is 10.3. The Balaban J connectivity index is 0.929. The minimum absolute atomic E-state index is 1.13. The summed E-state index contributed by atoms with van der Waals surface area (Å²) < 4.78 is 7.36. The second-order valence-corrected chi connectivity index (χ2v) is 22.8. The summed E-state index contributed by atoms with van der Waals surface area (Å²) >= 11 is 0. The van der Waals surface area contributed by atoms with E-state index in [1.165, 1.54) is 102 Å². The number of aromatic nitrogens is 3. The highest BCUT2D eigenvalue weighted by Crippen LogP contribution is 2.74. The number of fused-ring (bicyclic) bond motifs is 9. The Morgan fingerprint density at radius 3 is 1.32 bits per heavy atom. The Hall–Kier alpha value is -9.61. The van der Waals surface area contributed by atoms with Gasteiger partial charge in [0.05, 0.1) is 33.1 Å². The lowest BCUT2D eigenvalue weighted by atomic mass is 9.96. The third-order valence-corrected chi connectivity index (χ3v) is 19.4. The summed E-state index contributed by atoms with van der Waals surface area (Å²) in [6, 6.07) is 110. The van der Waals surface area contributed by atoms with Crippen LogP contribution in [-0.4, -0.2) is 13.7 Å². The van der Waals surface area contributed by atoms with E-state index in [2.05, 4.69) is 311 Å². The van der Waals surface area contributed by atoms with Crippen molar-refractivity contribution < 1.29 is 0 Å². The fourth-order valence-corrected chi connectivity index (χ4v) is 16.2. The van der Waals surface area contributed by atoms with Crippen LogP contribution in [-0.2, 0) is 0 Å². The van der Waals surface area contributed by atoms with Gasteiger partial charge in [-0.15, -0.1) is 10.0 Å². The molecule has 12 aromatic carbocycles. The van der Waals surface area contributed by atoms with E-state index in [4.69, 9.17) is 0 Å². The minimum atomic E-state index is -2.09. The lowest BCUT2D eigenvalue weighted by molar-refractivity contribution is 1.14. The van der Waals surface area contributed by atoms with Crippen LogP contribution >= 0.6 is 10.0 Å². The van der Waals surface area contributed by atoms with E-state index in [9.17, 15) is 0 Å². The van der Waals surface area contributed by atoms with Gasteiger partial charge in [0.15, 0.2) is 0 Å². The van der Waals surface area contributed by atoms with E-state index < -0.39 is 10.0 Å². The van der Waals surface area contributed by atoms with Gasteiger partial charge in [-0.05, 0) is 144 Å². The van der Waals surface area contributed by atoms with Crippen molar-refractivity contribution in [2.75, 3.05) is 0 Å². The fourth-order valence-electron chi connectivity index (χ4n) is 12.3. The van der Waals surface area contributed by atoms with Crippen LogP contribution in [0.2, 0.25) is 0 Å². The average Bonchev–Trinajstić information content (AvgIpc) is 4.21. The maximum atomic E-state index is 2.50. The number of nitrogens with zero attached hydrogens (tertiary/aromatic N) is 3. The van der Waals surface area contributed by atoms with Gasteiger partial charge in [0.2, 0.25) is 0 Å². The topological polar surface area (TPSA) is 14.8 Å². The van der Waals surface area contributed by atoms with Gasteiger partial charge < -0.3 is 13.7 Å². The van der Waals surface area contributed by atoms with Crippen molar-refractivity contribution in [3.8, 4) is 39.3 Å². The molecule has 0 N–H and O–H groups in total. The van der Waals surface area contributed by atoms with Crippen molar-refractivity contribution in [3.05, 3.63) is 297 Å². The zero-order chi connectivity index (χ0) is 50.2. The smallest absolute Gasteiger partial charge is 0.0547 e. The van der Waals surface area contributed by atoms with Crippen LogP contribution < -0.4 is 0 Å². The molecular weight excluding hydrogens is 939 g/mol. The molecule has 0 aliphatic carbocycles. The molecule has 0 aliphatic heterocycles. The van der Waals surface area contributed by atoms with Gasteiger partial charge in [0.1, 0.15) is 0 Å². The van der Waals surface area contributed by atoms with Crippen molar-refractivity contribution in [2.45, 2.75) is 19.6 Å². The zero-order valence-corrected chi connectivity index (χ0v) is 42.4. The molecule has 0 fully saturated rings. The first-order valence-corrected chi connectivity index (χ1v) is 27.7. The molecule has 76 heavy (non-hydrogen) atoms. The zero-order valence-electron chi connectivity index (χ0n) is 41.5. The maximum Gasteiger partial charge on any atom is 0.0547 e. The lowest BCUT2D eigenvalue weighted by Crippen LogP contribution is -2.06. The predicted molar refractivity (Wildman–Crippen MR) is 320 cm³/mol. The third kappa shape index (κ3) is 6.78. The first-order valence-electron chi connectivity index (χ1n) is 26.1. The van der Waals surface area contributed by atoms with E-state index in [0.717, 1.165) is 22.6 Å². The van der Waals surface area contributed by atoms with Gasteiger partial charge in [-0.2, -0.15) is 0 Å². The standard InChI is InChI=1S/C72H49N3S/c1-5-22-50(23-6-1)51-24-19-25-52(46-51)60-37-21-41-71-72(60)63-36-15-18-40-68(63)75(71)55-42-44-69-64(48-55)61-34-13-17-39-67(61)74(69)54-28-20-33-58(47-54)76(56-29-9-3-10-30-56,57-31-11-4-12-32-57)59-43-45-70-65(49-59)62-35-14-16-38-66(62)73(70)53-26-7-2-8-27-53/h1-49H. The highest BCUT2D eigenvalue weighted by Gasteiger charge is 2.34. The summed E-state index contributed by atoms with van der Waals surface area (Å²) in [4.78, 5) is 5.13. The Bertz CT molecular complexity index is 4640. The molecule has 358 valence electrons. The first kappa shape index (κ1) is 43.9. The molecular formula is C72H49N3S. The van der Waals surface area contributed by atoms with Crippen LogP contribution in [0.1, 0.15) is 0 Å². The van der Waals surface area contributed by atoms with E-state index >= 15 is 0 Å². The Morgan fingerprint density at radius 1 is 0.211 bits per heavy atom. The summed E-state index contributed by atoms with van der Waals surface area (Å²) in [7, 11) is -2.09. The number of hydrogen-bond acceptors (Lipinski definition) is 0. The van der Waals surface area contributed by atoms with Crippen LogP contribution in [0, 0.1) is 0 Å². The molecule has 0 amide bonds. The van der Waals surface area contributed by atoms with Crippen LogP contribution in [0.25, 0.3) is 105 Å². The van der Waals surface area contributed by atoms with E-state index in [0.29, 0.717) is 0 Å². The Morgan fingerprint density at radius 2 is 0.632 bits per heavy atom. The predicted octanol–water partition coefficient (Wildman–Crippen LogP) is 19.7. The molecule has 15 rings (SSSR count). The molecule has 0 aliphatic rings. The molecule has 3 aromatic heterocycles. The van der Waals surface area contributed by atoms with Crippen molar-refractivity contribution in [3.63, 3.8) is 0 Å². The number of benzene rings is 12. The molecule has 0 unspecified atom stereocenters. The highest BCUT2D eigenvalue weighted by molar-refractivity contribution is 8.34. The van der Waals surface area contributed by atoms with Crippen LogP contribution in [0.3, 0.4) is 0 Å². The SMILES string of the molecule is c1ccc(-c2cccc(-c3cccc4c3c3ccccc3n4-c3ccc4c(c3)c3ccccc3n4-c3cccc(S(c4ccccc4)(c4ccccc4)c4ccc5c(c4)c4ccccc4n5-c4ccccc4)c3)c2)cc1. The second kappa shape index (κ2) is 17.8. The summed E-state index contributed by atoms with van der Waals surface area (Å²) in [6.45, 7) is 0. The number of para-hydroxylation sites is 4. The molecule has 3 heterocycles. The number of rotatable bonds is 9. The largest absolute Gasteiger partial charge is 0.309 e. The summed E-state index contributed by atoms with van der Waals surface area (Å²) in [5, 5.41) is 7.40. The molecule has 3 nitrogen and oxygen atoms in total. The molecule has 0 saturated carbocycles. The van der Waals surface area contributed by atoms with Crippen LogP contribution in [0.15, 0.2) is 317 Å². The van der Waals surface area contributed by atoms with Gasteiger partial charge in [0.25, 0.3) is 0 Å². The summed E-state index contributed by atoms with van der Waals surface area (Å²) in [5.41, 5.74) is 15.4. The van der Waals surface area contributed by atoms with Crippen molar-refractivity contribution >= 4 is 75.4 Å². The highest BCUT2D eigenvalue weighted by atomic mass is 32.3. The third-order valence-electron chi connectivity index (χ3n) is 15.5. The molecule has 4 heteroatoms. The molecule has 0 saturated heterocycles. The average molecular weight is 988 g/mol. The van der Waals surface area contributed by atoms with Crippen molar-refractivity contribution in [2.24, 2.45) is 0 Å². The minimum Gasteiger partial charge on any atom is -0.309 e. The van der Waals surface area contributed by atoms with Crippen molar-refractivity contribution in [1.82, 2.24) is 13.7 Å². The Labute approximate surface area is 442 Å². The van der Waals surface area contributed by atoms with Gasteiger partial charge in [-0.1, -0.05) is 176 Å². The molecule has 0 spiro atoms. The van der Waals surface area contributed by atoms with Crippen molar-refractivity contribution in [1.29, 1.82) is 0 Å². The van der Waals surface area contributed by atoms with Crippen LogP contribution in [0.5, 0.6) is 0 Å². The molecule has 15 aromatic rings. The normalized spacial score (nSPS) is 12.2. The molecule has 0 atom stereocenters. The van der Waals surface area contributed by atoms with Crippen LogP contribution in [0.4, 0.5) is 0 Å². The van der Waals surface area contributed by atoms with E-state index in [1.807, 2.05) is 0 Å². The van der Waals surface area contributed by atoms with Gasteiger partial charge >= 0.3 is 0 Å². The second-order valence-electron chi connectivity index (χ2n) is 19.7. The lowest BCUT2D eigenvalue weighted by Gasteiger charge is -2.42. The fraction of sp³-hybridized carbons (Fsp3) is 0. The quantitative estimate of drug-likeness (QED) is 0.137. The number of hydrogen-bond donors (Lipinski definition) is 0. The monoisotopic (exact) mass is 987 g/mol. The summed E-state index contributed by atoms with van der Waals surface area (Å²) in [5.74, 6) is 0. The van der Waals surface area contributed by atoms with E-state index in [-0.39, 0.29) is 0 Å². The van der Waals surface area contributed by atoms with E-state index in [1.54, 1.807) is 0 Å². The first-order chi connectivity index (χ1) is 37.7. The molecule has 0 bridgehead atoms. The molecule has 0 radical (unpaired) electrons. The van der Waals surface area contributed by atoms with Gasteiger partial charge in [0, 0.05) is 69.0 Å². The summed E-state index contributed by atoms with van der Waals surface area (Å²) in [6.07, 6.45) is 0. The maximum absolute atomic E-state index is 2.50. The van der Waals surface area contributed by atoms with Gasteiger partial charge in [-0.25, -0.2) is 0 Å².